The lowest BCUT2D eigenvalue weighted by molar-refractivity contribution is 0.0724. The monoisotopic (exact) mass is 132 g/mol. The molecule has 0 aromatic carbocycles. The molecule has 0 saturated carbocycles. The molecule has 1 aliphatic heterocycles. The highest BCUT2D eigenvalue weighted by atomic mass is 28.2. The second kappa shape index (κ2) is 3.19. The molecule has 0 amide bonds. The van der Waals surface area contributed by atoms with Gasteiger partial charge in [-0.15, -0.1) is 0 Å². The molecule has 0 atom stereocenters. The normalized spacial score (nSPS) is 25.1. The zero-order valence-corrected chi connectivity index (χ0v) is 6.38. The third-order valence-electron chi connectivity index (χ3n) is 1.36. The Morgan fingerprint density at radius 2 is 2.00 bits per heavy atom. The van der Waals surface area contributed by atoms with Crippen LogP contribution in [0.25, 0.3) is 0 Å². The molecule has 0 aromatic heterocycles. The molecule has 0 unspecified atom stereocenters. The Morgan fingerprint density at radius 1 is 1.38 bits per heavy atom. The van der Waals surface area contributed by atoms with Crippen LogP contribution in [-0.4, -0.2) is 40.7 Å². The van der Waals surface area contributed by atoms with Crippen molar-refractivity contribution < 1.29 is 4.74 Å². The molecule has 3 nitrogen and oxygen atoms in total. The van der Waals surface area contributed by atoms with Crippen molar-refractivity contribution in [3.8, 4) is 0 Å². The van der Waals surface area contributed by atoms with Crippen LogP contribution >= 0.6 is 0 Å². The number of ether oxygens (including phenoxy) is 1. The topological polar surface area (TPSA) is 38.5 Å². The molecule has 1 saturated heterocycles. The third kappa shape index (κ3) is 1.55. The Labute approximate surface area is 51.8 Å². The summed E-state index contributed by atoms with van der Waals surface area (Å²) in [5, 5.41) is 5.51. The van der Waals surface area contributed by atoms with Crippen molar-refractivity contribution in [3.63, 3.8) is 0 Å². The molecule has 0 bridgehead atoms. The number of nitrogens with two attached hydrogens (primary N) is 1. The van der Waals surface area contributed by atoms with Gasteiger partial charge < -0.3 is 14.7 Å². The predicted molar refractivity (Wildman–Crippen MR) is 35.1 cm³/mol. The highest BCUT2D eigenvalue weighted by Gasteiger charge is 2.06. The Kier molecular flexibility index (Phi) is 2.48. The maximum atomic E-state index is 5.51. The lowest BCUT2D eigenvalue weighted by Crippen LogP contribution is -2.42. The van der Waals surface area contributed by atoms with Gasteiger partial charge in [-0.3, -0.25) is 0 Å². The summed E-state index contributed by atoms with van der Waals surface area (Å²) in [6.07, 6.45) is 0. The van der Waals surface area contributed by atoms with E-state index >= 15 is 0 Å². The molecule has 48 valence electrons. The van der Waals surface area contributed by atoms with Crippen molar-refractivity contribution in [2.75, 3.05) is 26.3 Å². The van der Waals surface area contributed by atoms with E-state index in [4.69, 9.17) is 10.1 Å². The highest BCUT2D eigenvalue weighted by molar-refractivity contribution is 6.27. The highest BCUT2D eigenvalue weighted by Crippen LogP contribution is 1.90. The summed E-state index contributed by atoms with van der Waals surface area (Å²) in [5.74, 6) is 0. The van der Waals surface area contributed by atoms with E-state index in [-0.39, 0.29) is 9.84 Å². The van der Waals surface area contributed by atoms with E-state index in [0.29, 0.717) is 0 Å². The van der Waals surface area contributed by atoms with Crippen LogP contribution in [-0.2, 0) is 4.74 Å². The Hall–Kier alpha value is 0.0969. The number of nitrogens with zero attached hydrogens (tertiary/aromatic N) is 1. The lowest BCUT2D eigenvalue weighted by Gasteiger charge is -2.24. The largest absolute Gasteiger partial charge is 0.379 e. The van der Waals surface area contributed by atoms with Crippen molar-refractivity contribution in [1.82, 2.24) is 4.57 Å². The maximum absolute atomic E-state index is 5.51. The van der Waals surface area contributed by atoms with Crippen LogP contribution in [0.15, 0.2) is 0 Å². The van der Waals surface area contributed by atoms with Crippen LogP contribution < -0.4 is 5.40 Å². The Morgan fingerprint density at radius 3 is 2.38 bits per heavy atom. The first-order chi connectivity index (χ1) is 3.93. The van der Waals surface area contributed by atoms with Crippen LogP contribution in [0.4, 0.5) is 0 Å². The maximum Gasteiger partial charge on any atom is 0.167 e. The first kappa shape index (κ1) is 6.22. The van der Waals surface area contributed by atoms with Crippen molar-refractivity contribution in [2.24, 2.45) is 5.40 Å². The van der Waals surface area contributed by atoms with Gasteiger partial charge in [-0.2, -0.15) is 0 Å². The molecule has 0 spiro atoms. The average molecular weight is 132 g/mol. The van der Waals surface area contributed by atoms with Crippen LogP contribution in [0.1, 0.15) is 0 Å². The minimum atomic E-state index is -0.378. The van der Waals surface area contributed by atoms with Crippen molar-refractivity contribution in [2.45, 2.75) is 0 Å². The van der Waals surface area contributed by atoms with Gasteiger partial charge in [-0.1, -0.05) is 0 Å². The smallest absolute Gasteiger partial charge is 0.167 e. The van der Waals surface area contributed by atoms with Gasteiger partial charge in [0, 0.05) is 13.1 Å². The molecular weight excluding hydrogens is 120 g/mol. The molecule has 8 heavy (non-hydrogen) atoms. The SMILES string of the molecule is N[SiH2]N1CCOCC1. The first-order valence-electron chi connectivity index (χ1n) is 2.93. The van der Waals surface area contributed by atoms with E-state index in [2.05, 4.69) is 4.57 Å². The second-order valence-corrected chi connectivity index (χ2v) is 3.17. The Balaban J connectivity index is 2.13. The molecule has 1 rings (SSSR count). The summed E-state index contributed by atoms with van der Waals surface area (Å²) >= 11 is 0. The van der Waals surface area contributed by atoms with Crippen molar-refractivity contribution >= 4 is 9.84 Å². The van der Waals surface area contributed by atoms with Gasteiger partial charge in [0.15, 0.2) is 9.84 Å². The number of hydrogen-bond donors (Lipinski definition) is 1. The van der Waals surface area contributed by atoms with Gasteiger partial charge in [0.2, 0.25) is 0 Å². The molecule has 1 fully saturated rings. The predicted octanol–water partition coefficient (Wildman–Crippen LogP) is -1.72. The van der Waals surface area contributed by atoms with Gasteiger partial charge in [-0.25, -0.2) is 0 Å². The molecule has 0 aliphatic carbocycles. The zero-order chi connectivity index (χ0) is 5.82. The van der Waals surface area contributed by atoms with Crippen LogP contribution in [0.3, 0.4) is 0 Å². The summed E-state index contributed by atoms with van der Waals surface area (Å²) in [6, 6.07) is 0. The number of morpholine rings is 1. The van der Waals surface area contributed by atoms with E-state index in [1.165, 1.54) is 0 Å². The summed E-state index contributed by atoms with van der Waals surface area (Å²) in [5.41, 5.74) is 0. The van der Waals surface area contributed by atoms with E-state index < -0.39 is 0 Å². The molecule has 1 heterocycles. The molecule has 2 N–H and O–H groups in total. The fraction of sp³-hybridized carbons (Fsp3) is 1.00. The number of hydrogen-bond acceptors (Lipinski definition) is 3. The van der Waals surface area contributed by atoms with E-state index in [9.17, 15) is 0 Å². The van der Waals surface area contributed by atoms with E-state index in [0.717, 1.165) is 26.3 Å². The molecule has 0 radical (unpaired) electrons. The average Bonchev–Trinajstić information content (AvgIpc) is 1.90. The molecule has 0 aromatic rings. The third-order valence-corrected chi connectivity index (χ3v) is 2.51. The van der Waals surface area contributed by atoms with Gasteiger partial charge in [0.05, 0.1) is 13.2 Å². The van der Waals surface area contributed by atoms with Crippen LogP contribution in [0.2, 0.25) is 0 Å². The summed E-state index contributed by atoms with van der Waals surface area (Å²) < 4.78 is 7.44. The standard InChI is InChI=1S/C4H12N2OSi/c5-8-6-1-3-7-4-2-6/h1-5,8H2. The molecule has 1 aliphatic rings. The Bertz CT molecular complexity index is 65.1. The van der Waals surface area contributed by atoms with Gasteiger partial charge in [-0.05, 0) is 0 Å². The summed E-state index contributed by atoms with van der Waals surface area (Å²) in [6.45, 7) is 3.87. The minimum absolute atomic E-state index is 0.378. The minimum Gasteiger partial charge on any atom is -0.379 e. The van der Waals surface area contributed by atoms with E-state index in [1.54, 1.807) is 0 Å². The van der Waals surface area contributed by atoms with Gasteiger partial charge in [0.25, 0.3) is 0 Å². The van der Waals surface area contributed by atoms with Crippen LogP contribution in [0.5, 0.6) is 0 Å². The number of rotatable bonds is 1. The lowest BCUT2D eigenvalue weighted by atomic mass is 10.5. The van der Waals surface area contributed by atoms with E-state index in [1.807, 2.05) is 0 Å². The van der Waals surface area contributed by atoms with Gasteiger partial charge in [0.1, 0.15) is 0 Å². The second-order valence-electron chi connectivity index (χ2n) is 1.91. The molecular formula is C4H12N2OSi. The van der Waals surface area contributed by atoms with Crippen molar-refractivity contribution in [3.05, 3.63) is 0 Å². The zero-order valence-electron chi connectivity index (χ0n) is 4.97. The fourth-order valence-corrected chi connectivity index (χ4v) is 1.41. The summed E-state index contributed by atoms with van der Waals surface area (Å²) in [7, 11) is -0.378. The quantitative estimate of drug-likeness (QED) is 0.431. The van der Waals surface area contributed by atoms with Crippen molar-refractivity contribution in [1.29, 1.82) is 0 Å². The molecule has 4 heteroatoms. The fourth-order valence-electron chi connectivity index (χ4n) is 0.784. The van der Waals surface area contributed by atoms with Gasteiger partial charge >= 0.3 is 0 Å². The summed E-state index contributed by atoms with van der Waals surface area (Å²) in [4.78, 5) is 0. The first-order valence-corrected chi connectivity index (χ1v) is 4.38. The van der Waals surface area contributed by atoms with Crippen LogP contribution in [0, 0.1) is 0 Å².